The molecule has 1 atom stereocenters. The highest BCUT2D eigenvalue weighted by Crippen LogP contribution is 2.26. The monoisotopic (exact) mass is 223 g/mol. The van der Waals surface area contributed by atoms with E-state index in [1.54, 1.807) is 18.2 Å². The number of hydrogen-bond donors (Lipinski definition) is 0. The highest BCUT2D eigenvalue weighted by molar-refractivity contribution is 6.32. The Morgan fingerprint density at radius 2 is 2.27 bits per heavy atom. The lowest BCUT2D eigenvalue weighted by Crippen LogP contribution is -2.11. The van der Waals surface area contributed by atoms with Gasteiger partial charge in [-0.1, -0.05) is 24.9 Å². The quantitative estimate of drug-likeness (QED) is 0.778. The van der Waals surface area contributed by atoms with E-state index in [1.807, 2.05) is 13.0 Å². The van der Waals surface area contributed by atoms with Gasteiger partial charge < -0.3 is 4.74 Å². The number of halogens is 1. The molecule has 1 aromatic rings. The molecule has 3 heteroatoms. The number of rotatable bonds is 4. The van der Waals surface area contributed by atoms with Crippen LogP contribution in [0.15, 0.2) is 18.2 Å². The number of nitriles is 1. The molecule has 2 nitrogen and oxygen atoms in total. The Morgan fingerprint density at radius 1 is 1.53 bits per heavy atom. The lowest BCUT2D eigenvalue weighted by Gasteiger charge is -2.14. The molecule has 0 amide bonds. The smallest absolute Gasteiger partial charge is 0.138 e. The molecular formula is C12H14ClNO. The highest BCUT2D eigenvalue weighted by Gasteiger charge is 2.07. The van der Waals surface area contributed by atoms with Gasteiger partial charge in [-0.3, -0.25) is 0 Å². The number of benzene rings is 1. The summed E-state index contributed by atoms with van der Waals surface area (Å²) in [5.41, 5.74) is 0.551. The zero-order valence-electron chi connectivity index (χ0n) is 8.96. The first-order valence-electron chi connectivity index (χ1n) is 5.03. The van der Waals surface area contributed by atoms with Crippen LogP contribution < -0.4 is 4.74 Å². The van der Waals surface area contributed by atoms with E-state index in [0.29, 0.717) is 16.3 Å². The van der Waals surface area contributed by atoms with Gasteiger partial charge in [-0.25, -0.2) is 0 Å². The summed E-state index contributed by atoms with van der Waals surface area (Å²) < 4.78 is 5.64. The van der Waals surface area contributed by atoms with Crippen molar-refractivity contribution >= 4 is 11.6 Å². The minimum Gasteiger partial charge on any atom is -0.489 e. The van der Waals surface area contributed by atoms with E-state index >= 15 is 0 Å². The Bertz CT molecular complexity index is 370. The molecule has 80 valence electrons. The van der Waals surface area contributed by atoms with Crippen LogP contribution in [0.25, 0.3) is 0 Å². The van der Waals surface area contributed by atoms with Gasteiger partial charge in [-0.15, -0.1) is 0 Å². The summed E-state index contributed by atoms with van der Waals surface area (Å²) in [5, 5.41) is 9.17. The first-order valence-corrected chi connectivity index (χ1v) is 5.41. The van der Waals surface area contributed by atoms with Crippen molar-refractivity contribution in [3.05, 3.63) is 28.8 Å². The topological polar surface area (TPSA) is 33.0 Å². The summed E-state index contributed by atoms with van der Waals surface area (Å²) in [4.78, 5) is 0. The van der Waals surface area contributed by atoms with Crippen molar-refractivity contribution < 1.29 is 4.74 Å². The molecule has 0 aliphatic rings. The molecule has 0 radical (unpaired) electrons. The molecule has 0 saturated heterocycles. The van der Waals surface area contributed by atoms with Crippen LogP contribution in [0.4, 0.5) is 0 Å². The van der Waals surface area contributed by atoms with Crippen molar-refractivity contribution in [1.82, 2.24) is 0 Å². The molecule has 15 heavy (non-hydrogen) atoms. The van der Waals surface area contributed by atoms with E-state index in [2.05, 4.69) is 6.92 Å². The van der Waals surface area contributed by atoms with Crippen molar-refractivity contribution in [1.29, 1.82) is 5.26 Å². The van der Waals surface area contributed by atoms with Crippen molar-refractivity contribution in [3.63, 3.8) is 0 Å². The third-order valence-corrected chi connectivity index (χ3v) is 2.38. The summed E-state index contributed by atoms with van der Waals surface area (Å²) in [6.45, 7) is 4.12. The van der Waals surface area contributed by atoms with Gasteiger partial charge in [0, 0.05) is 0 Å². The van der Waals surface area contributed by atoms with Gasteiger partial charge in [-0.2, -0.15) is 5.26 Å². The van der Waals surface area contributed by atoms with Crippen LogP contribution >= 0.6 is 11.6 Å². The van der Waals surface area contributed by atoms with Gasteiger partial charge in [0.2, 0.25) is 0 Å². The minimum absolute atomic E-state index is 0.153. The molecule has 1 rings (SSSR count). The Hall–Kier alpha value is -1.20. The molecule has 0 saturated carbocycles. The molecule has 0 aliphatic carbocycles. The predicted octanol–water partition coefficient (Wildman–Crippen LogP) is 3.78. The first kappa shape index (κ1) is 11.9. The average Bonchev–Trinajstić information content (AvgIpc) is 2.21. The van der Waals surface area contributed by atoms with E-state index in [9.17, 15) is 0 Å². The second-order valence-corrected chi connectivity index (χ2v) is 3.88. The summed E-state index contributed by atoms with van der Waals surface area (Å²) >= 11 is 5.98. The van der Waals surface area contributed by atoms with Gasteiger partial charge in [0.25, 0.3) is 0 Å². The maximum atomic E-state index is 8.67. The lowest BCUT2D eigenvalue weighted by atomic mass is 10.2. The van der Waals surface area contributed by atoms with E-state index in [4.69, 9.17) is 21.6 Å². The van der Waals surface area contributed by atoms with Crippen LogP contribution in [0.5, 0.6) is 5.75 Å². The maximum Gasteiger partial charge on any atom is 0.138 e. The third kappa shape index (κ3) is 3.45. The SMILES string of the molecule is CCCC(C)Oc1ccc(C#N)cc1Cl. The van der Waals surface area contributed by atoms with Gasteiger partial charge in [-0.05, 0) is 31.5 Å². The van der Waals surface area contributed by atoms with E-state index in [-0.39, 0.29) is 6.10 Å². The van der Waals surface area contributed by atoms with E-state index in [1.165, 1.54) is 0 Å². The van der Waals surface area contributed by atoms with Crippen LogP contribution in [0, 0.1) is 11.3 Å². The molecule has 1 aromatic carbocycles. The fourth-order valence-corrected chi connectivity index (χ4v) is 1.57. The lowest BCUT2D eigenvalue weighted by molar-refractivity contribution is 0.210. The van der Waals surface area contributed by atoms with Gasteiger partial charge in [0.1, 0.15) is 5.75 Å². The fourth-order valence-electron chi connectivity index (χ4n) is 1.35. The highest BCUT2D eigenvalue weighted by atomic mass is 35.5. The molecule has 1 unspecified atom stereocenters. The second-order valence-electron chi connectivity index (χ2n) is 3.47. The van der Waals surface area contributed by atoms with Gasteiger partial charge in [0.05, 0.1) is 22.8 Å². The Morgan fingerprint density at radius 3 is 2.80 bits per heavy atom. The first-order chi connectivity index (χ1) is 7.17. The summed E-state index contributed by atoms with van der Waals surface area (Å²) in [5.74, 6) is 0.650. The fraction of sp³-hybridized carbons (Fsp3) is 0.417. The molecule has 0 aromatic heterocycles. The molecular weight excluding hydrogens is 210 g/mol. The zero-order chi connectivity index (χ0) is 11.3. The normalized spacial score (nSPS) is 11.9. The van der Waals surface area contributed by atoms with E-state index in [0.717, 1.165) is 12.8 Å². The zero-order valence-corrected chi connectivity index (χ0v) is 9.71. The van der Waals surface area contributed by atoms with Crippen molar-refractivity contribution in [2.24, 2.45) is 0 Å². The number of ether oxygens (including phenoxy) is 1. The molecule has 0 N–H and O–H groups in total. The van der Waals surface area contributed by atoms with Crippen molar-refractivity contribution in [2.75, 3.05) is 0 Å². The molecule has 0 fully saturated rings. The van der Waals surface area contributed by atoms with Crippen molar-refractivity contribution in [3.8, 4) is 11.8 Å². The average molecular weight is 224 g/mol. The van der Waals surface area contributed by atoms with E-state index < -0.39 is 0 Å². The summed E-state index contributed by atoms with van der Waals surface area (Å²) in [6.07, 6.45) is 2.23. The molecule has 0 bridgehead atoms. The van der Waals surface area contributed by atoms with Crippen molar-refractivity contribution in [2.45, 2.75) is 32.8 Å². The number of nitrogens with zero attached hydrogens (tertiary/aromatic N) is 1. The third-order valence-electron chi connectivity index (χ3n) is 2.08. The van der Waals surface area contributed by atoms with Gasteiger partial charge >= 0.3 is 0 Å². The predicted molar refractivity (Wildman–Crippen MR) is 61.2 cm³/mol. The second kappa shape index (κ2) is 5.63. The van der Waals surface area contributed by atoms with Crippen LogP contribution in [0.3, 0.4) is 0 Å². The molecule has 0 aliphatic heterocycles. The Balaban J connectivity index is 2.74. The standard InChI is InChI=1S/C12H14ClNO/c1-3-4-9(2)15-12-6-5-10(8-14)7-11(12)13/h5-7,9H,3-4H2,1-2H3. The Labute approximate surface area is 95.4 Å². The summed E-state index contributed by atoms with van der Waals surface area (Å²) in [7, 11) is 0. The van der Waals surface area contributed by atoms with Crippen LogP contribution in [-0.4, -0.2) is 6.10 Å². The molecule has 0 spiro atoms. The van der Waals surface area contributed by atoms with Crippen LogP contribution in [-0.2, 0) is 0 Å². The van der Waals surface area contributed by atoms with Crippen LogP contribution in [0.1, 0.15) is 32.3 Å². The minimum atomic E-state index is 0.153. The number of hydrogen-bond acceptors (Lipinski definition) is 2. The largest absolute Gasteiger partial charge is 0.489 e. The van der Waals surface area contributed by atoms with Crippen LogP contribution in [0.2, 0.25) is 5.02 Å². The summed E-state index contributed by atoms with van der Waals surface area (Å²) in [6, 6.07) is 7.11. The molecule has 0 heterocycles. The Kier molecular flexibility index (Phi) is 4.45. The van der Waals surface area contributed by atoms with Gasteiger partial charge in [0.15, 0.2) is 0 Å². The maximum absolute atomic E-state index is 8.67.